The van der Waals surface area contributed by atoms with Gasteiger partial charge in [0, 0.05) is 17.8 Å². The second kappa shape index (κ2) is 9.41. The zero-order chi connectivity index (χ0) is 20.6. The molecule has 0 bridgehead atoms. The number of amides is 2. The third-order valence-corrected chi connectivity index (χ3v) is 4.45. The number of carbonyl (C=O) groups excluding carboxylic acids is 1. The van der Waals surface area contributed by atoms with E-state index in [0.717, 1.165) is 23.1 Å². The maximum Gasteiger partial charge on any atom is 0.417 e. The van der Waals surface area contributed by atoms with E-state index in [9.17, 15) is 9.59 Å². The van der Waals surface area contributed by atoms with Crippen molar-refractivity contribution in [1.82, 2.24) is 0 Å². The number of rotatable bonds is 6. The molecule has 2 amide bonds. The molecule has 0 aliphatic carbocycles. The number of nitrogens with one attached hydrogen (secondary N) is 2. The molecule has 0 saturated carbocycles. The van der Waals surface area contributed by atoms with Crippen LogP contribution in [0.5, 0.6) is 5.75 Å². The Hall–Kier alpha value is -3.80. The molecule has 3 N–H and O–H groups in total. The first-order chi connectivity index (χ1) is 14.1. The average molecular weight is 390 g/mol. The van der Waals surface area contributed by atoms with Crippen molar-refractivity contribution in [3.05, 3.63) is 89.5 Å². The number of anilines is 2. The highest BCUT2D eigenvalue weighted by atomic mass is 16.6. The van der Waals surface area contributed by atoms with E-state index < -0.39 is 12.2 Å². The third-order valence-electron chi connectivity index (χ3n) is 4.45. The average Bonchev–Trinajstić information content (AvgIpc) is 2.71. The molecular formula is C23H22N2O4. The van der Waals surface area contributed by atoms with E-state index in [-0.39, 0.29) is 0 Å². The fraction of sp³-hybridized carbons (Fsp3) is 0.130. The van der Waals surface area contributed by atoms with Crippen LogP contribution in [0.4, 0.5) is 21.0 Å². The Morgan fingerprint density at radius 3 is 1.90 bits per heavy atom. The van der Waals surface area contributed by atoms with E-state index in [2.05, 4.69) is 10.6 Å². The molecule has 148 valence electrons. The topological polar surface area (TPSA) is 87.7 Å². The normalized spacial score (nSPS) is 10.2. The number of ether oxygens (including phenoxy) is 1. The summed E-state index contributed by atoms with van der Waals surface area (Å²) >= 11 is 0. The summed E-state index contributed by atoms with van der Waals surface area (Å²) in [5.74, 6) is 0.529. The minimum absolute atomic E-state index is 0.443. The minimum atomic E-state index is -1.12. The van der Waals surface area contributed by atoms with Gasteiger partial charge in [0.15, 0.2) is 0 Å². The van der Waals surface area contributed by atoms with E-state index in [1.165, 1.54) is 0 Å². The molecule has 3 aromatic rings. The smallest absolute Gasteiger partial charge is 0.417 e. The Balaban J connectivity index is 1.78. The number of hydrogen-bond acceptors (Lipinski definition) is 3. The summed E-state index contributed by atoms with van der Waals surface area (Å²) in [5, 5.41) is 14.2. The lowest BCUT2D eigenvalue weighted by atomic mass is 10.0. The van der Waals surface area contributed by atoms with Crippen LogP contribution in [0.25, 0.3) is 0 Å². The lowest BCUT2D eigenvalue weighted by molar-refractivity contribution is 0.209. The first-order valence-corrected chi connectivity index (χ1v) is 9.29. The molecule has 0 unspecified atom stereocenters. The predicted octanol–water partition coefficient (Wildman–Crippen LogP) is 5.54. The number of benzene rings is 3. The standard InChI is InChI=1S/C23H22N2O4/c1-2-16-9-5-8-14-21(16)29-23(28)25-20-13-7-4-11-18(20)15-17-10-3-6-12-19(17)24-22(26)27/h3-14,24H,2,15H2,1H3,(H,25,28)(H,26,27). The second-order valence-electron chi connectivity index (χ2n) is 6.40. The monoisotopic (exact) mass is 390 g/mol. The van der Waals surface area contributed by atoms with Crippen LogP contribution < -0.4 is 15.4 Å². The van der Waals surface area contributed by atoms with E-state index in [1.807, 2.05) is 55.5 Å². The highest BCUT2D eigenvalue weighted by Gasteiger charge is 2.12. The molecule has 6 nitrogen and oxygen atoms in total. The van der Waals surface area contributed by atoms with Crippen molar-refractivity contribution in [2.24, 2.45) is 0 Å². The van der Waals surface area contributed by atoms with Crippen LogP contribution in [0.15, 0.2) is 72.8 Å². The Labute approximate surface area is 169 Å². The first kappa shape index (κ1) is 19.9. The van der Waals surface area contributed by atoms with Gasteiger partial charge in [-0.2, -0.15) is 0 Å². The molecule has 0 radical (unpaired) electrons. The summed E-state index contributed by atoms with van der Waals surface area (Å²) < 4.78 is 5.48. The predicted molar refractivity (Wildman–Crippen MR) is 113 cm³/mol. The fourth-order valence-corrected chi connectivity index (χ4v) is 3.04. The minimum Gasteiger partial charge on any atom is -0.465 e. The van der Waals surface area contributed by atoms with Crippen LogP contribution in [0, 0.1) is 0 Å². The number of carboxylic acid groups (broad SMARTS) is 1. The van der Waals surface area contributed by atoms with Gasteiger partial charge in [0.25, 0.3) is 0 Å². The highest BCUT2D eigenvalue weighted by molar-refractivity contribution is 5.88. The molecule has 3 rings (SSSR count). The van der Waals surface area contributed by atoms with E-state index in [1.54, 1.807) is 24.3 Å². The highest BCUT2D eigenvalue weighted by Crippen LogP contribution is 2.25. The van der Waals surface area contributed by atoms with Gasteiger partial charge in [-0.15, -0.1) is 0 Å². The van der Waals surface area contributed by atoms with Crippen LogP contribution in [0.2, 0.25) is 0 Å². The van der Waals surface area contributed by atoms with Gasteiger partial charge in [0.05, 0.1) is 0 Å². The van der Waals surface area contributed by atoms with E-state index in [4.69, 9.17) is 9.84 Å². The molecular weight excluding hydrogens is 368 g/mol. The van der Waals surface area contributed by atoms with Gasteiger partial charge >= 0.3 is 12.2 Å². The Morgan fingerprint density at radius 2 is 1.31 bits per heavy atom. The fourth-order valence-electron chi connectivity index (χ4n) is 3.04. The number of para-hydroxylation sites is 3. The quantitative estimate of drug-likeness (QED) is 0.516. The van der Waals surface area contributed by atoms with Crippen LogP contribution in [-0.4, -0.2) is 17.3 Å². The molecule has 0 aliphatic heterocycles. The zero-order valence-electron chi connectivity index (χ0n) is 16.0. The molecule has 0 saturated heterocycles. The number of hydrogen-bond donors (Lipinski definition) is 3. The van der Waals surface area contributed by atoms with Gasteiger partial charge in [-0.3, -0.25) is 10.6 Å². The van der Waals surface area contributed by atoms with Crippen LogP contribution >= 0.6 is 0 Å². The van der Waals surface area contributed by atoms with Crippen LogP contribution in [0.1, 0.15) is 23.6 Å². The Kier molecular flexibility index (Phi) is 6.47. The van der Waals surface area contributed by atoms with Gasteiger partial charge in [-0.1, -0.05) is 61.5 Å². The van der Waals surface area contributed by atoms with Gasteiger partial charge in [0.1, 0.15) is 5.75 Å². The van der Waals surface area contributed by atoms with Gasteiger partial charge in [-0.25, -0.2) is 9.59 Å². The maximum absolute atomic E-state index is 12.4. The lowest BCUT2D eigenvalue weighted by Gasteiger charge is -2.14. The molecule has 0 spiro atoms. The van der Waals surface area contributed by atoms with E-state index in [0.29, 0.717) is 23.5 Å². The summed E-state index contributed by atoms with van der Waals surface area (Å²) in [6, 6.07) is 21.9. The van der Waals surface area contributed by atoms with Crippen LogP contribution in [0.3, 0.4) is 0 Å². The zero-order valence-corrected chi connectivity index (χ0v) is 16.0. The van der Waals surface area contributed by atoms with Gasteiger partial charge in [0.2, 0.25) is 0 Å². The van der Waals surface area contributed by atoms with Crippen molar-refractivity contribution in [3.8, 4) is 5.75 Å². The molecule has 3 aromatic carbocycles. The summed E-state index contributed by atoms with van der Waals surface area (Å²) in [6.45, 7) is 2.00. The second-order valence-corrected chi connectivity index (χ2v) is 6.40. The van der Waals surface area contributed by atoms with Crippen molar-refractivity contribution >= 4 is 23.6 Å². The summed E-state index contributed by atoms with van der Waals surface area (Å²) in [7, 11) is 0. The number of aryl methyl sites for hydroxylation is 1. The van der Waals surface area contributed by atoms with Crippen molar-refractivity contribution in [2.75, 3.05) is 10.6 Å². The van der Waals surface area contributed by atoms with E-state index >= 15 is 0 Å². The van der Waals surface area contributed by atoms with Crippen molar-refractivity contribution in [3.63, 3.8) is 0 Å². The van der Waals surface area contributed by atoms with Crippen molar-refractivity contribution < 1.29 is 19.4 Å². The first-order valence-electron chi connectivity index (χ1n) is 9.29. The Bertz CT molecular complexity index is 1020. The Morgan fingerprint density at radius 1 is 0.793 bits per heavy atom. The van der Waals surface area contributed by atoms with Gasteiger partial charge < -0.3 is 9.84 Å². The number of carbonyl (C=O) groups is 2. The molecule has 6 heteroatoms. The van der Waals surface area contributed by atoms with Gasteiger partial charge in [-0.05, 0) is 41.3 Å². The summed E-state index contributed by atoms with van der Waals surface area (Å²) in [5.41, 5.74) is 3.71. The summed E-state index contributed by atoms with van der Waals surface area (Å²) in [6.07, 6.45) is -0.497. The lowest BCUT2D eigenvalue weighted by Crippen LogP contribution is -2.18. The largest absolute Gasteiger partial charge is 0.465 e. The molecule has 0 aromatic heterocycles. The molecule has 0 fully saturated rings. The molecule has 0 heterocycles. The molecule has 29 heavy (non-hydrogen) atoms. The maximum atomic E-state index is 12.4. The van der Waals surface area contributed by atoms with Crippen molar-refractivity contribution in [1.29, 1.82) is 0 Å². The van der Waals surface area contributed by atoms with Crippen molar-refractivity contribution in [2.45, 2.75) is 19.8 Å². The summed E-state index contributed by atoms with van der Waals surface area (Å²) in [4.78, 5) is 23.5. The molecule has 0 atom stereocenters. The SMILES string of the molecule is CCc1ccccc1OC(=O)Nc1ccccc1Cc1ccccc1NC(=O)O. The van der Waals surface area contributed by atoms with Crippen LogP contribution in [-0.2, 0) is 12.8 Å². The third kappa shape index (κ3) is 5.35. The molecule has 0 aliphatic rings.